The molecule has 0 spiro atoms. The van der Waals surface area contributed by atoms with Gasteiger partial charge in [0.2, 0.25) is 0 Å². The van der Waals surface area contributed by atoms with Gasteiger partial charge >= 0.3 is 88.2 Å². The van der Waals surface area contributed by atoms with Crippen LogP contribution >= 0.6 is 0 Å². The maximum absolute atomic E-state index is 2.49. The first kappa shape index (κ1) is 11.3. The van der Waals surface area contributed by atoms with Gasteiger partial charge in [0.25, 0.3) is 0 Å². The molecule has 0 fully saturated rings. The fourth-order valence-corrected chi connectivity index (χ4v) is 7.51. The Hall–Kier alpha value is 0.240. The molecule has 0 aromatic carbocycles. The summed E-state index contributed by atoms with van der Waals surface area (Å²) in [5, 5.41) is 0. The van der Waals surface area contributed by atoms with Crippen molar-refractivity contribution in [3.05, 3.63) is 22.6 Å². The summed E-state index contributed by atoms with van der Waals surface area (Å²) in [4.78, 5) is 0. The first-order chi connectivity index (χ1) is 5.90. The first-order valence-corrected chi connectivity index (χ1v) is 15.0. The Labute approximate surface area is 88.2 Å². The zero-order chi connectivity index (χ0) is 10.1. The average Bonchev–Trinajstić information content (AvgIpc) is 2.31. The first-order valence-electron chi connectivity index (χ1n) is 5.28. The van der Waals surface area contributed by atoms with Gasteiger partial charge in [-0.3, -0.25) is 0 Å². The van der Waals surface area contributed by atoms with Gasteiger partial charge in [0.05, 0.1) is 0 Å². The second kappa shape index (κ2) is 4.18. The van der Waals surface area contributed by atoms with Gasteiger partial charge in [-0.05, 0) is 0 Å². The Balaban J connectivity index is 2.62. The van der Waals surface area contributed by atoms with Gasteiger partial charge in [0.15, 0.2) is 0 Å². The topological polar surface area (TPSA) is 0 Å². The SMILES string of the molecule is [CH3][GeH]([CH3])[C]1=CC=CC1C[Si](C)(C)C. The average molecular weight is 255 g/mol. The Kier molecular flexibility index (Phi) is 3.64. The zero-order valence-electron chi connectivity index (χ0n) is 9.59. The summed E-state index contributed by atoms with van der Waals surface area (Å²) in [7, 11) is -0.872. The molecule has 0 aliphatic heterocycles. The van der Waals surface area contributed by atoms with E-state index in [1.54, 1.807) is 0 Å². The molecule has 0 radical (unpaired) electrons. The van der Waals surface area contributed by atoms with E-state index in [0.29, 0.717) is 0 Å². The quantitative estimate of drug-likeness (QED) is 0.677. The Morgan fingerprint density at radius 1 is 1.31 bits per heavy atom. The van der Waals surface area contributed by atoms with E-state index in [4.69, 9.17) is 0 Å². The molecular weight excluding hydrogens is 233 g/mol. The minimum absolute atomic E-state index is 0.840. The van der Waals surface area contributed by atoms with E-state index in [2.05, 4.69) is 49.4 Å². The van der Waals surface area contributed by atoms with Gasteiger partial charge in [0.1, 0.15) is 0 Å². The predicted octanol–water partition coefficient (Wildman–Crippen LogP) is 3.46. The van der Waals surface area contributed by atoms with Crippen LogP contribution < -0.4 is 0 Å². The van der Waals surface area contributed by atoms with Crippen molar-refractivity contribution >= 4 is 22.4 Å². The molecule has 0 N–H and O–H groups in total. The van der Waals surface area contributed by atoms with Crippen LogP contribution in [0.5, 0.6) is 0 Å². The van der Waals surface area contributed by atoms with Crippen LogP contribution in [0.3, 0.4) is 0 Å². The van der Waals surface area contributed by atoms with Gasteiger partial charge in [-0.25, -0.2) is 0 Å². The van der Waals surface area contributed by atoms with E-state index in [-0.39, 0.29) is 0 Å². The molecule has 0 amide bonds. The second-order valence-electron chi connectivity index (χ2n) is 5.58. The molecule has 1 unspecified atom stereocenters. The monoisotopic (exact) mass is 256 g/mol. The molecule has 0 nitrogen and oxygen atoms in total. The molecule has 13 heavy (non-hydrogen) atoms. The molecule has 1 aliphatic carbocycles. The van der Waals surface area contributed by atoms with Crippen molar-refractivity contribution < 1.29 is 0 Å². The summed E-state index contributed by atoms with van der Waals surface area (Å²) < 4.78 is 1.83. The van der Waals surface area contributed by atoms with Crippen LogP contribution in [0.15, 0.2) is 22.6 Å². The molecule has 74 valence electrons. The van der Waals surface area contributed by atoms with Gasteiger partial charge in [0, 0.05) is 0 Å². The molecule has 0 bridgehead atoms. The Bertz CT molecular complexity index is 233. The molecule has 0 saturated carbocycles. The zero-order valence-corrected chi connectivity index (χ0v) is 13.0. The van der Waals surface area contributed by atoms with Crippen molar-refractivity contribution in [3.63, 3.8) is 0 Å². The fourth-order valence-electron chi connectivity index (χ4n) is 2.00. The third-order valence-corrected chi connectivity index (χ3v) is 8.32. The summed E-state index contributed by atoms with van der Waals surface area (Å²) in [6.45, 7) is 7.43. The molecular formula is C11H22GeSi. The van der Waals surface area contributed by atoms with E-state index in [9.17, 15) is 0 Å². The van der Waals surface area contributed by atoms with E-state index in [1.165, 1.54) is 6.04 Å². The van der Waals surface area contributed by atoms with Crippen molar-refractivity contribution in [1.82, 2.24) is 0 Å². The standard InChI is InChI=1S/C11H22GeSi/c1-12(2)11-8-6-7-10(11)9-13(3,4)5/h6-8,10,12H,9H2,1-5H3. The number of hydrogen-bond acceptors (Lipinski definition) is 0. The maximum atomic E-state index is 2.49. The van der Waals surface area contributed by atoms with E-state index < -0.39 is 22.4 Å². The van der Waals surface area contributed by atoms with Crippen molar-refractivity contribution in [1.29, 1.82) is 0 Å². The predicted molar refractivity (Wildman–Crippen MR) is 67.7 cm³/mol. The van der Waals surface area contributed by atoms with Gasteiger partial charge in [-0.1, -0.05) is 0 Å². The third kappa shape index (κ3) is 3.47. The third-order valence-electron chi connectivity index (χ3n) is 2.56. The van der Waals surface area contributed by atoms with Gasteiger partial charge in [-0.2, -0.15) is 0 Å². The van der Waals surface area contributed by atoms with Crippen molar-refractivity contribution in [2.75, 3.05) is 0 Å². The molecule has 0 saturated heterocycles. The molecule has 1 aliphatic rings. The number of hydrogen-bond donors (Lipinski definition) is 0. The molecule has 0 aromatic heterocycles. The summed E-state index contributed by atoms with van der Waals surface area (Å²) >= 11 is -0.993. The summed E-state index contributed by atoms with van der Waals surface area (Å²) in [6.07, 6.45) is 7.11. The van der Waals surface area contributed by atoms with Crippen molar-refractivity contribution in [2.24, 2.45) is 5.92 Å². The molecule has 0 aromatic rings. The van der Waals surface area contributed by atoms with Crippen LogP contribution in [-0.2, 0) is 0 Å². The van der Waals surface area contributed by atoms with Crippen LogP contribution in [0, 0.1) is 5.92 Å². The number of allylic oxidation sites excluding steroid dienone is 4. The normalized spacial score (nSPS) is 22.6. The van der Waals surface area contributed by atoms with E-state index >= 15 is 0 Å². The Morgan fingerprint density at radius 2 is 1.92 bits per heavy atom. The molecule has 0 heterocycles. The number of rotatable bonds is 3. The van der Waals surface area contributed by atoms with Crippen LogP contribution in [0.2, 0.25) is 37.2 Å². The fraction of sp³-hybridized carbons (Fsp3) is 0.636. The molecule has 1 atom stereocenters. The minimum atomic E-state index is -0.993. The Morgan fingerprint density at radius 3 is 2.38 bits per heavy atom. The molecule has 1 rings (SSSR count). The summed E-state index contributed by atoms with van der Waals surface area (Å²) in [5.74, 6) is 5.82. The van der Waals surface area contributed by atoms with Gasteiger partial charge in [-0.15, -0.1) is 0 Å². The van der Waals surface area contributed by atoms with Gasteiger partial charge < -0.3 is 0 Å². The molecule has 2 heteroatoms. The van der Waals surface area contributed by atoms with Crippen molar-refractivity contribution in [2.45, 2.75) is 37.2 Å². The van der Waals surface area contributed by atoms with E-state index in [1.807, 2.05) is 4.41 Å². The van der Waals surface area contributed by atoms with Crippen LogP contribution in [-0.4, -0.2) is 22.4 Å². The second-order valence-corrected chi connectivity index (χ2v) is 17.4. The van der Waals surface area contributed by atoms with E-state index in [0.717, 1.165) is 5.92 Å². The summed E-state index contributed by atoms with van der Waals surface area (Å²) in [5.41, 5.74) is 0. The summed E-state index contributed by atoms with van der Waals surface area (Å²) in [6, 6.07) is 1.46. The van der Waals surface area contributed by atoms with Crippen molar-refractivity contribution in [3.8, 4) is 0 Å². The van der Waals surface area contributed by atoms with Crippen LogP contribution in [0.1, 0.15) is 0 Å². The van der Waals surface area contributed by atoms with Crippen LogP contribution in [0.25, 0.3) is 0 Å². The van der Waals surface area contributed by atoms with Crippen LogP contribution in [0.4, 0.5) is 0 Å².